The van der Waals surface area contributed by atoms with Crippen molar-refractivity contribution in [1.29, 1.82) is 0 Å². The van der Waals surface area contributed by atoms with Crippen LogP contribution < -0.4 is 5.32 Å². The maximum Gasteiger partial charge on any atom is 0.251 e. The first-order chi connectivity index (χ1) is 13.1. The fourth-order valence-electron chi connectivity index (χ4n) is 4.31. The van der Waals surface area contributed by atoms with Crippen molar-refractivity contribution in [2.75, 3.05) is 19.7 Å². The smallest absolute Gasteiger partial charge is 0.251 e. The Morgan fingerprint density at radius 2 is 1.82 bits per heavy atom. The lowest BCUT2D eigenvalue weighted by Crippen LogP contribution is -2.65. The number of aliphatic hydroxyl groups excluding tert-OH is 1. The number of carbonyl (C=O) groups excluding carboxylic acids is 2. The highest BCUT2D eigenvalue weighted by molar-refractivity contribution is 5.94. The summed E-state index contributed by atoms with van der Waals surface area (Å²) in [7, 11) is 0. The lowest BCUT2D eigenvalue weighted by molar-refractivity contribution is -0.179. The van der Waals surface area contributed by atoms with E-state index in [9.17, 15) is 14.7 Å². The first kappa shape index (κ1) is 20.8. The van der Waals surface area contributed by atoms with E-state index < -0.39 is 17.2 Å². The Kier molecular flexibility index (Phi) is 5.82. The van der Waals surface area contributed by atoms with Crippen molar-refractivity contribution in [2.45, 2.75) is 70.1 Å². The Labute approximate surface area is 167 Å². The van der Waals surface area contributed by atoms with Crippen molar-refractivity contribution in [1.82, 2.24) is 10.2 Å². The third-order valence-electron chi connectivity index (χ3n) is 6.33. The largest absolute Gasteiger partial charge is 0.388 e. The minimum absolute atomic E-state index is 0.0756. The van der Waals surface area contributed by atoms with Gasteiger partial charge in [0.1, 0.15) is 6.10 Å². The number of ether oxygens (including phenoxy) is 1. The molecule has 3 rings (SSSR count). The molecule has 0 radical (unpaired) electrons. The second-order valence-electron chi connectivity index (χ2n) is 8.84. The monoisotopic (exact) mass is 388 g/mol. The van der Waals surface area contributed by atoms with Gasteiger partial charge in [-0.3, -0.25) is 9.59 Å². The van der Waals surface area contributed by atoms with Crippen molar-refractivity contribution >= 4 is 11.8 Å². The molecule has 154 valence electrons. The van der Waals surface area contributed by atoms with Crippen LogP contribution in [0.5, 0.6) is 0 Å². The number of rotatable bonds is 3. The van der Waals surface area contributed by atoms with Crippen molar-refractivity contribution in [3.8, 4) is 0 Å². The first-order valence-electron chi connectivity index (χ1n) is 10.1. The Morgan fingerprint density at radius 3 is 2.36 bits per heavy atom. The van der Waals surface area contributed by atoms with Gasteiger partial charge in [0.25, 0.3) is 5.91 Å². The number of piperidine rings is 1. The Balaban J connectivity index is 1.70. The van der Waals surface area contributed by atoms with Crippen molar-refractivity contribution < 1.29 is 19.4 Å². The van der Waals surface area contributed by atoms with E-state index in [0.29, 0.717) is 43.8 Å². The van der Waals surface area contributed by atoms with Crippen LogP contribution in [0.4, 0.5) is 0 Å². The van der Waals surface area contributed by atoms with E-state index >= 15 is 0 Å². The number of carbonyl (C=O) groups is 2. The van der Waals surface area contributed by atoms with Crippen LogP contribution in [0, 0.1) is 0 Å². The average Bonchev–Trinajstić information content (AvgIpc) is 2.65. The topological polar surface area (TPSA) is 78.9 Å². The quantitative estimate of drug-likeness (QED) is 0.834. The first-order valence-corrected chi connectivity index (χ1v) is 10.1. The highest BCUT2D eigenvalue weighted by Crippen LogP contribution is 2.39. The molecule has 2 saturated heterocycles. The summed E-state index contributed by atoms with van der Waals surface area (Å²) in [5, 5.41) is 13.7. The minimum Gasteiger partial charge on any atom is -0.388 e. The standard InChI is InChI=1S/C22H32N2O4/c1-15(2)17-5-7-18(8-6-17)20(27)23-21(4)14-22(28-13-19(21)26)9-11-24(12-10-22)16(3)25/h5-8,15,19,26H,9-14H2,1-4H3,(H,23,27)/t19-,21-/m1/s1. The molecule has 6 nitrogen and oxygen atoms in total. The molecule has 0 unspecified atom stereocenters. The zero-order chi connectivity index (χ0) is 20.5. The van der Waals surface area contributed by atoms with E-state index in [-0.39, 0.29) is 18.4 Å². The number of benzene rings is 1. The van der Waals surface area contributed by atoms with Crippen molar-refractivity contribution in [3.05, 3.63) is 35.4 Å². The maximum atomic E-state index is 12.8. The van der Waals surface area contributed by atoms with Gasteiger partial charge >= 0.3 is 0 Å². The summed E-state index contributed by atoms with van der Waals surface area (Å²) in [5.74, 6) is 0.300. The molecule has 1 spiro atoms. The minimum atomic E-state index is -0.775. The Bertz CT molecular complexity index is 723. The van der Waals surface area contributed by atoms with Gasteiger partial charge in [-0.05, 0) is 43.4 Å². The predicted octanol–water partition coefficient (Wildman–Crippen LogP) is 2.46. The van der Waals surface area contributed by atoms with Crippen LogP contribution in [0.1, 0.15) is 68.8 Å². The molecule has 1 aromatic rings. The predicted molar refractivity (Wildman–Crippen MR) is 107 cm³/mol. The molecule has 1 aromatic carbocycles. The van der Waals surface area contributed by atoms with Gasteiger partial charge < -0.3 is 20.1 Å². The highest BCUT2D eigenvalue weighted by Gasteiger charge is 2.50. The molecule has 28 heavy (non-hydrogen) atoms. The molecule has 2 atom stereocenters. The van der Waals surface area contributed by atoms with Gasteiger partial charge in [-0.1, -0.05) is 26.0 Å². The van der Waals surface area contributed by atoms with Gasteiger partial charge in [0.2, 0.25) is 5.91 Å². The van der Waals surface area contributed by atoms with Crippen LogP contribution >= 0.6 is 0 Å². The van der Waals surface area contributed by atoms with Crippen LogP contribution in [0.15, 0.2) is 24.3 Å². The summed E-state index contributed by atoms with van der Waals surface area (Å²) < 4.78 is 6.03. The van der Waals surface area contributed by atoms with Crippen LogP contribution in [-0.4, -0.2) is 58.8 Å². The number of nitrogens with zero attached hydrogens (tertiary/aromatic N) is 1. The lowest BCUT2D eigenvalue weighted by atomic mass is 9.74. The summed E-state index contributed by atoms with van der Waals surface area (Å²) in [6.07, 6.45) is 1.19. The van der Waals surface area contributed by atoms with Gasteiger partial charge in [0.15, 0.2) is 0 Å². The van der Waals surface area contributed by atoms with E-state index in [1.807, 2.05) is 36.1 Å². The molecule has 2 heterocycles. The summed E-state index contributed by atoms with van der Waals surface area (Å²) in [6.45, 7) is 9.18. The zero-order valence-electron chi connectivity index (χ0n) is 17.3. The molecular formula is C22H32N2O4. The molecule has 2 N–H and O–H groups in total. The summed E-state index contributed by atoms with van der Waals surface area (Å²) in [4.78, 5) is 26.3. The molecule has 0 saturated carbocycles. The number of nitrogens with one attached hydrogen (secondary N) is 1. The third kappa shape index (κ3) is 4.23. The Hall–Kier alpha value is -1.92. The van der Waals surface area contributed by atoms with Gasteiger partial charge in [0, 0.05) is 32.0 Å². The van der Waals surface area contributed by atoms with Gasteiger partial charge in [-0.2, -0.15) is 0 Å². The molecule has 2 aliphatic rings. The van der Waals surface area contributed by atoms with E-state index in [1.54, 1.807) is 6.92 Å². The molecule has 2 aliphatic heterocycles. The van der Waals surface area contributed by atoms with Crippen LogP contribution in [0.3, 0.4) is 0 Å². The second kappa shape index (κ2) is 7.84. The fraction of sp³-hybridized carbons (Fsp3) is 0.636. The normalized spacial score (nSPS) is 27.1. The van der Waals surface area contributed by atoms with Crippen LogP contribution in [0.25, 0.3) is 0 Å². The molecule has 0 aliphatic carbocycles. The number of amides is 2. The highest BCUT2D eigenvalue weighted by atomic mass is 16.5. The van der Waals surface area contributed by atoms with Gasteiger partial charge in [-0.15, -0.1) is 0 Å². The van der Waals surface area contributed by atoms with Crippen molar-refractivity contribution in [3.63, 3.8) is 0 Å². The van der Waals surface area contributed by atoms with Crippen LogP contribution in [-0.2, 0) is 9.53 Å². The number of hydrogen-bond acceptors (Lipinski definition) is 4. The number of aliphatic hydroxyl groups is 1. The van der Waals surface area contributed by atoms with E-state index in [1.165, 1.54) is 5.56 Å². The molecule has 6 heteroatoms. The second-order valence-corrected chi connectivity index (χ2v) is 8.84. The van der Waals surface area contributed by atoms with Gasteiger partial charge in [0.05, 0.1) is 17.7 Å². The fourth-order valence-corrected chi connectivity index (χ4v) is 4.31. The number of hydrogen-bond donors (Lipinski definition) is 2. The summed E-state index contributed by atoms with van der Waals surface area (Å²) in [6, 6.07) is 7.62. The molecular weight excluding hydrogens is 356 g/mol. The average molecular weight is 389 g/mol. The lowest BCUT2D eigenvalue weighted by Gasteiger charge is -2.51. The van der Waals surface area contributed by atoms with E-state index in [0.717, 1.165) is 0 Å². The summed E-state index contributed by atoms with van der Waals surface area (Å²) in [5.41, 5.74) is 0.592. The Morgan fingerprint density at radius 1 is 1.21 bits per heavy atom. The molecule has 2 fully saturated rings. The van der Waals surface area contributed by atoms with Crippen molar-refractivity contribution in [2.24, 2.45) is 0 Å². The number of likely N-dealkylation sites (tertiary alicyclic amines) is 1. The maximum absolute atomic E-state index is 12.8. The van der Waals surface area contributed by atoms with Crippen LogP contribution in [0.2, 0.25) is 0 Å². The molecule has 0 aromatic heterocycles. The van der Waals surface area contributed by atoms with Gasteiger partial charge in [-0.25, -0.2) is 0 Å². The molecule has 0 bridgehead atoms. The third-order valence-corrected chi connectivity index (χ3v) is 6.33. The molecule has 2 amide bonds. The summed E-state index contributed by atoms with van der Waals surface area (Å²) >= 11 is 0. The van der Waals surface area contributed by atoms with E-state index in [4.69, 9.17) is 4.74 Å². The van der Waals surface area contributed by atoms with E-state index in [2.05, 4.69) is 19.2 Å². The zero-order valence-corrected chi connectivity index (χ0v) is 17.3. The SMILES string of the molecule is CC(=O)N1CCC2(CC1)C[C@@](C)(NC(=O)c1ccc(C(C)C)cc1)[C@H](O)CO2.